The summed E-state index contributed by atoms with van der Waals surface area (Å²) in [4.78, 5) is 10.9. The van der Waals surface area contributed by atoms with E-state index in [0.29, 0.717) is 29.4 Å². The van der Waals surface area contributed by atoms with Gasteiger partial charge in [-0.1, -0.05) is 23.7 Å². The highest BCUT2D eigenvalue weighted by Gasteiger charge is 2.21. The van der Waals surface area contributed by atoms with Gasteiger partial charge in [-0.25, -0.2) is 13.2 Å². The largest absolute Gasteiger partial charge is 0.507 e. The Hall–Kier alpha value is -3.11. The fraction of sp³-hybridized carbons (Fsp3) is 0.174. The van der Waals surface area contributed by atoms with Crippen molar-refractivity contribution in [2.45, 2.75) is 15.9 Å². The molecule has 3 rings (SSSR count). The molecular formula is C23H22ClNO7S. The zero-order chi connectivity index (χ0) is 24.0. The maximum absolute atomic E-state index is 12.8. The number of benzene rings is 3. The number of carboxylic acid groups (broad SMARTS) is 1. The number of sulfone groups is 1. The number of hydrogen-bond donors (Lipinski definition) is 4. The van der Waals surface area contributed by atoms with Crippen LogP contribution in [0, 0.1) is 0 Å². The van der Waals surface area contributed by atoms with Crippen LogP contribution in [0.3, 0.4) is 0 Å². The monoisotopic (exact) mass is 491 g/mol. The Balaban J connectivity index is 1.54. The summed E-state index contributed by atoms with van der Waals surface area (Å²) >= 11 is 5.92. The summed E-state index contributed by atoms with van der Waals surface area (Å²) in [5.74, 6) is -1.50. The number of aliphatic hydroxyl groups is 1. The molecule has 0 aliphatic carbocycles. The van der Waals surface area contributed by atoms with Gasteiger partial charge in [0.05, 0.1) is 15.9 Å². The van der Waals surface area contributed by atoms with E-state index in [1.807, 2.05) is 0 Å². The number of ether oxygens (including phenoxy) is 1. The van der Waals surface area contributed by atoms with Gasteiger partial charge in [0.1, 0.15) is 23.7 Å². The molecule has 0 aliphatic heterocycles. The van der Waals surface area contributed by atoms with Crippen molar-refractivity contribution in [3.05, 3.63) is 82.9 Å². The third-order valence-electron chi connectivity index (χ3n) is 4.76. The molecule has 0 unspecified atom stereocenters. The normalized spacial score (nSPS) is 12.3. The lowest BCUT2D eigenvalue weighted by molar-refractivity contribution is 0.0693. The van der Waals surface area contributed by atoms with Crippen LogP contribution in [0.4, 0.5) is 0 Å². The van der Waals surface area contributed by atoms with Crippen molar-refractivity contribution in [2.24, 2.45) is 0 Å². The van der Waals surface area contributed by atoms with Crippen molar-refractivity contribution >= 4 is 27.4 Å². The fourth-order valence-corrected chi connectivity index (χ4v) is 4.50. The quantitative estimate of drug-likeness (QED) is 0.317. The van der Waals surface area contributed by atoms with Gasteiger partial charge in [-0.2, -0.15) is 0 Å². The first-order chi connectivity index (χ1) is 15.7. The van der Waals surface area contributed by atoms with E-state index in [-0.39, 0.29) is 16.4 Å². The van der Waals surface area contributed by atoms with Gasteiger partial charge < -0.3 is 25.4 Å². The van der Waals surface area contributed by atoms with Crippen LogP contribution in [-0.4, -0.2) is 49.4 Å². The van der Waals surface area contributed by atoms with Gasteiger partial charge in [0.2, 0.25) is 9.84 Å². The van der Waals surface area contributed by atoms with Crippen LogP contribution in [0.5, 0.6) is 11.5 Å². The first-order valence-electron chi connectivity index (χ1n) is 9.87. The van der Waals surface area contributed by atoms with E-state index in [4.69, 9.17) is 21.4 Å². The standard InChI is InChI=1S/C23H22ClNO7S/c24-16-3-1-2-15(12-16)22(27)14-25-10-11-32-17-4-6-18(7-5-17)33(30,31)19-8-9-21(26)20(13-19)23(28)29/h1-9,12-13,22,25-27H,10-11,14H2,(H,28,29)/t22-/m0/s1. The van der Waals surface area contributed by atoms with Gasteiger partial charge in [0.25, 0.3) is 0 Å². The van der Waals surface area contributed by atoms with Gasteiger partial charge in [-0.15, -0.1) is 0 Å². The molecule has 0 saturated heterocycles. The number of aromatic hydroxyl groups is 1. The molecule has 0 radical (unpaired) electrons. The molecule has 174 valence electrons. The zero-order valence-corrected chi connectivity index (χ0v) is 18.9. The summed E-state index contributed by atoms with van der Waals surface area (Å²) < 4.78 is 31.1. The predicted molar refractivity (Wildman–Crippen MR) is 122 cm³/mol. The molecule has 3 aromatic rings. The number of rotatable bonds is 10. The number of hydrogen-bond acceptors (Lipinski definition) is 7. The van der Waals surface area contributed by atoms with Crippen LogP contribution in [0.1, 0.15) is 22.0 Å². The first-order valence-corrected chi connectivity index (χ1v) is 11.7. The molecule has 0 bridgehead atoms. The van der Waals surface area contributed by atoms with Crippen molar-refractivity contribution in [3.8, 4) is 11.5 Å². The van der Waals surface area contributed by atoms with Gasteiger partial charge in [0.15, 0.2) is 0 Å². The molecule has 3 aromatic carbocycles. The number of phenols is 1. The van der Waals surface area contributed by atoms with Crippen LogP contribution >= 0.6 is 11.6 Å². The van der Waals surface area contributed by atoms with Gasteiger partial charge in [-0.3, -0.25) is 0 Å². The van der Waals surface area contributed by atoms with Crippen LogP contribution in [0.25, 0.3) is 0 Å². The Bertz CT molecular complexity index is 1230. The van der Waals surface area contributed by atoms with E-state index in [0.717, 1.165) is 18.2 Å². The minimum absolute atomic E-state index is 0.0420. The van der Waals surface area contributed by atoms with Crippen molar-refractivity contribution in [1.82, 2.24) is 5.32 Å². The second kappa shape index (κ2) is 10.7. The molecule has 0 aromatic heterocycles. The smallest absolute Gasteiger partial charge is 0.339 e. The Morgan fingerprint density at radius 2 is 1.73 bits per heavy atom. The molecule has 8 nitrogen and oxygen atoms in total. The average Bonchev–Trinajstić information content (AvgIpc) is 2.79. The summed E-state index contributed by atoms with van der Waals surface area (Å²) in [6.45, 7) is 1.04. The lowest BCUT2D eigenvalue weighted by Crippen LogP contribution is -2.26. The number of halogens is 1. The van der Waals surface area contributed by atoms with Crippen LogP contribution in [0.15, 0.2) is 76.5 Å². The number of nitrogens with one attached hydrogen (secondary N) is 1. The maximum Gasteiger partial charge on any atom is 0.339 e. The van der Waals surface area contributed by atoms with Crippen molar-refractivity contribution in [2.75, 3.05) is 19.7 Å². The summed E-state index contributed by atoms with van der Waals surface area (Å²) in [7, 11) is -3.98. The van der Waals surface area contributed by atoms with Gasteiger partial charge >= 0.3 is 5.97 Å². The van der Waals surface area contributed by atoms with E-state index in [2.05, 4.69) is 5.32 Å². The summed E-state index contributed by atoms with van der Waals surface area (Å²) in [5, 5.41) is 32.4. The predicted octanol–water partition coefficient (Wildman–Crippen LogP) is 3.28. The second-order valence-electron chi connectivity index (χ2n) is 7.08. The molecule has 0 fully saturated rings. The minimum atomic E-state index is -3.98. The molecule has 0 aliphatic rings. The fourth-order valence-electron chi connectivity index (χ4n) is 3.02. The number of carbonyl (C=O) groups is 1. The minimum Gasteiger partial charge on any atom is -0.507 e. The second-order valence-corrected chi connectivity index (χ2v) is 9.47. The average molecular weight is 492 g/mol. The summed E-state index contributed by atoms with van der Waals surface area (Å²) in [5.41, 5.74) is 0.209. The Morgan fingerprint density at radius 3 is 2.39 bits per heavy atom. The molecule has 33 heavy (non-hydrogen) atoms. The topological polar surface area (TPSA) is 133 Å². The van der Waals surface area contributed by atoms with Gasteiger partial charge in [0, 0.05) is 18.1 Å². The number of aliphatic hydroxyl groups excluding tert-OH is 1. The first kappa shape index (κ1) is 24.5. The zero-order valence-electron chi connectivity index (χ0n) is 17.3. The van der Waals surface area contributed by atoms with E-state index in [1.165, 1.54) is 24.3 Å². The highest BCUT2D eigenvalue weighted by atomic mass is 35.5. The molecule has 4 N–H and O–H groups in total. The molecule has 1 atom stereocenters. The molecule has 0 amide bonds. The van der Waals surface area contributed by atoms with E-state index < -0.39 is 33.2 Å². The lowest BCUT2D eigenvalue weighted by atomic mass is 10.1. The van der Waals surface area contributed by atoms with Crippen LogP contribution < -0.4 is 10.1 Å². The number of carboxylic acids is 1. The van der Waals surface area contributed by atoms with Crippen molar-refractivity contribution < 1.29 is 33.3 Å². The highest BCUT2D eigenvalue weighted by molar-refractivity contribution is 7.91. The van der Waals surface area contributed by atoms with Crippen molar-refractivity contribution in [3.63, 3.8) is 0 Å². The van der Waals surface area contributed by atoms with Gasteiger partial charge in [-0.05, 0) is 60.2 Å². The Kier molecular flexibility index (Phi) is 7.93. The third-order valence-corrected chi connectivity index (χ3v) is 6.76. The molecule has 0 heterocycles. The molecular weight excluding hydrogens is 470 g/mol. The molecule has 0 spiro atoms. The van der Waals surface area contributed by atoms with E-state index >= 15 is 0 Å². The van der Waals surface area contributed by atoms with E-state index in [9.17, 15) is 23.4 Å². The summed E-state index contributed by atoms with van der Waals surface area (Å²) in [6, 6.07) is 15.8. The molecule has 0 saturated carbocycles. The maximum atomic E-state index is 12.8. The Labute approximate surface area is 196 Å². The SMILES string of the molecule is O=C(O)c1cc(S(=O)(=O)c2ccc(OCCNC[C@H](O)c3cccc(Cl)c3)cc2)ccc1O. The van der Waals surface area contributed by atoms with E-state index in [1.54, 1.807) is 24.3 Å². The highest BCUT2D eigenvalue weighted by Crippen LogP contribution is 2.27. The lowest BCUT2D eigenvalue weighted by Gasteiger charge is -2.13. The molecule has 10 heteroatoms. The van der Waals surface area contributed by atoms with Crippen LogP contribution in [-0.2, 0) is 9.84 Å². The third kappa shape index (κ3) is 6.23. The van der Waals surface area contributed by atoms with Crippen molar-refractivity contribution in [1.29, 1.82) is 0 Å². The van der Waals surface area contributed by atoms with Crippen LogP contribution in [0.2, 0.25) is 5.02 Å². The number of aromatic carboxylic acids is 1. The Morgan fingerprint density at radius 1 is 1.03 bits per heavy atom. The summed E-state index contributed by atoms with van der Waals surface area (Å²) in [6.07, 6.45) is -0.713.